The Morgan fingerprint density at radius 3 is 2.34 bits per heavy atom. The molecule has 11 heteroatoms. The summed E-state index contributed by atoms with van der Waals surface area (Å²) in [6.45, 7) is 5.49. The molecule has 1 atom stereocenters. The number of nitrogens with zero attached hydrogens (tertiary/aromatic N) is 1. The van der Waals surface area contributed by atoms with Gasteiger partial charge in [0.25, 0.3) is 0 Å². The molecule has 0 spiro atoms. The molecule has 1 aromatic rings. The number of ether oxygens (including phenoxy) is 1. The van der Waals surface area contributed by atoms with E-state index in [1.165, 1.54) is 25.4 Å². The van der Waals surface area contributed by atoms with Crippen LogP contribution in [-0.4, -0.2) is 51.6 Å². The van der Waals surface area contributed by atoms with E-state index in [-0.39, 0.29) is 42.8 Å². The highest BCUT2D eigenvalue weighted by Gasteiger charge is 2.31. The fraction of sp³-hybridized carbons (Fsp3) is 0.611. The molecule has 0 saturated heterocycles. The molecule has 0 aliphatic rings. The zero-order chi connectivity index (χ0) is 21.6. The fourth-order valence-corrected chi connectivity index (χ4v) is 2.40. The van der Waals surface area contributed by atoms with Crippen molar-refractivity contribution in [2.24, 2.45) is 4.99 Å². The van der Waals surface area contributed by atoms with E-state index in [1.54, 1.807) is 13.8 Å². The fourth-order valence-electron chi connectivity index (χ4n) is 2.07. The van der Waals surface area contributed by atoms with Gasteiger partial charge < -0.3 is 15.4 Å². The summed E-state index contributed by atoms with van der Waals surface area (Å²) in [6, 6.07) is 4.72. The number of aliphatic imine (C=N–C) groups is 1. The number of hydrogen-bond acceptors (Lipinski definition) is 4. The van der Waals surface area contributed by atoms with E-state index in [0.29, 0.717) is 12.4 Å². The molecule has 0 amide bonds. The lowest BCUT2D eigenvalue weighted by Gasteiger charge is -2.25. The Morgan fingerprint density at radius 2 is 1.86 bits per heavy atom. The first-order valence-corrected chi connectivity index (χ1v) is 10.7. The summed E-state index contributed by atoms with van der Waals surface area (Å²) in [6.07, 6.45) is -3.11. The molecule has 6 nitrogen and oxygen atoms in total. The average Bonchev–Trinajstić information content (AvgIpc) is 2.59. The van der Waals surface area contributed by atoms with Crippen LogP contribution in [0.25, 0.3) is 0 Å². The number of sulfone groups is 1. The van der Waals surface area contributed by atoms with Crippen molar-refractivity contribution in [1.82, 2.24) is 10.6 Å². The molecule has 0 aromatic heterocycles. The summed E-state index contributed by atoms with van der Waals surface area (Å²) < 4.78 is 66.7. The van der Waals surface area contributed by atoms with Crippen molar-refractivity contribution in [3.05, 3.63) is 29.8 Å². The van der Waals surface area contributed by atoms with Crippen LogP contribution in [0.5, 0.6) is 5.75 Å². The minimum absolute atomic E-state index is 0. The maximum Gasteiger partial charge on any atom is 0.416 e. The van der Waals surface area contributed by atoms with Gasteiger partial charge >= 0.3 is 6.18 Å². The molecule has 1 rings (SSSR count). The monoisotopic (exact) mass is 551 g/mol. The molecule has 0 aliphatic carbocycles. The first-order chi connectivity index (χ1) is 12.8. The minimum Gasteiger partial charge on any atom is -0.489 e. The van der Waals surface area contributed by atoms with Crippen LogP contribution >= 0.6 is 24.0 Å². The molecule has 0 radical (unpaired) electrons. The Balaban J connectivity index is 0.00000784. The standard InChI is InChI=1S/C18H28F3N3O3S.HI/c1-6-14(27-15-9-7-8-13(10-15)18(19,20)21)11-23-16(22-4)24-12-17(2,3)28(5,25)26;/h7-10,14H,6,11-12H2,1-5H3,(H2,22,23,24);1H. The van der Waals surface area contributed by atoms with E-state index in [4.69, 9.17) is 4.74 Å². The van der Waals surface area contributed by atoms with Gasteiger partial charge in [-0.05, 0) is 38.5 Å². The molecular weight excluding hydrogens is 522 g/mol. The number of rotatable bonds is 8. The average molecular weight is 551 g/mol. The topological polar surface area (TPSA) is 79.8 Å². The number of benzene rings is 1. The van der Waals surface area contributed by atoms with Gasteiger partial charge in [0, 0.05) is 19.8 Å². The molecule has 1 unspecified atom stereocenters. The van der Waals surface area contributed by atoms with E-state index >= 15 is 0 Å². The zero-order valence-electron chi connectivity index (χ0n) is 17.1. The third kappa shape index (κ3) is 8.97. The highest BCUT2D eigenvalue weighted by atomic mass is 127. The molecule has 0 saturated carbocycles. The minimum atomic E-state index is -4.43. The third-order valence-electron chi connectivity index (χ3n) is 4.33. The number of halogens is 4. The normalized spacial score (nSPS) is 14.0. The molecule has 0 fully saturated rings. The van der Waals surface area contributed by atoms with E-state index in [0.717, 1.165) is 12.1 Å². The lowest BCUT2D eigenvalue weighted by Crippen LogP contribution is -2.49. The van der Waals surface area contributed by atoms with Crippen LogP contribution in [0, 0.1) is 0 Å². The van der Waals surface area contributed by atoms with E-state index in [2.05, 4.69) is 15.6 Å². The smallest absolute Gasteiger partial charge is 0.416 e. The van der Waals surface area contributed by atoms with Crippen LogP contribution in [0.3, 0.4) is 0 Å². The first-order valence-electron chi connectivity index (χ1n) is 8.78. The lowest BCUT2D eigenvalue weighted by molar-refractivity contribution is -0.137. The van der Waals surface area contributed by atoms with Crippen molar-refractivity contribution in [1.29, 1.82) is 0 Å². The molecule has 0 aliphatic heterocycles. The van der Waals surface area contributed by atoms with Crippen LogP contribution < -0.4 is 15.4 Å². The van der Waals surface area contributed by atoms with Crippen LogP contribution in [0.1, 0.15) is 32.8 Å². The third-order valence-corrected chi connectivity index (χ3v) is 6.48. The summed E-state index contributed by atoms with van der Waals surface area (Å²) in [4.78, 5) is 4.03. The van der Waals surface area contributed by atoms with Crippen molar-refractivity contribution in [3.8, 4) is 5.75 Å². The lowest BCUT2D eigenvalue weighted by atomic mass is 10.2. The van der Waals surface area contributed by atoms with Crippen molar-refractivity contribution in [3.63, 3.8) is 0 Å². The van der Waals surface area contributed by atoms with Gasteiger partial charge in [-0.25, -0.2) is 8.42 Å². The number of hydrogen-bond donors (Lipinski definition) is 2. The van der Waals surface area contributed by atoms with Crippen molar-refractivity contribution < 1.29 is 26.3 Å². The van der Waals surface area contributed by atoms with Gasteiger partial charge in [0.15, 0.2) is 15.8 Å². The highest BCUT2D eigenvalue weighted by Crippen LogP contribution is 2.31. The van der Waals surface area contributed by atoms with Crippen molar-refractivity contribution >= 4 is 39.8 Å². The second-order valence-electron chi connectivity index (χ2n) is 7.01. The van der Waals surface area contributed by atoms with Gasteiger partial charge in [-0.3, -0.25) is 4.99 Å². The summed E-state index contributed by atoms with van der Waals surface area (Å²) in [7, 11) is -1.72. The molecule has 29 heavy (non-hydrogen) atoms. The second-order valence-corrected chi connectivity index (χ2v) is 9.66. The highest BCUT2D eigenvalue weighted by molar-refractivity contribution is 14.0. The molecule has 0 bridgehead atoms. The predicted octanol–water partition coefficient (Wildman–Crippen LogP) is 3.47. The zero-order valence-corrected chi connectivity index (χ0v) is 20.3. The van der Waals surface area contributed by atoms with Gasteiger partial charge in [0.2, 0.25) is 0 Å². The van der Waals surface area contributed by atoms with E-state index in [1.807, 2.05) is 6.92 Å². The van der Waals surface area contributed by atoms with Crippen LogP contribution in [0.15, 0.2) is 29.3 Å². The van der Waals surface area contributed by atoms with Gasteiger partial charge in [-0.2, -0.15) is 13.2 Å². The van der Waals surface area contributed by atoms with Crippen LogP contribution in [0.2, 0.25) is 0 Å². The molecule has 1 aromatic carbocycles. The number of guanidine groups is 1. The van der Waals surface area contributed by atoms with Crippen molar-refractivity contribution in [2.75, 3.05) is 26.4 Å². The first kappa shape index (κ1) is 27.8. The number of nitrogens with one attached hydrogen (secondary N) is 2. The van der Waals surface area contributed by atoms with Crippen molar-refractivity contribution in [2.45, 2.75) is 44.2 Å². The van der Waals surface area contributed by atoms with E-state index in [9.17, 15) is 21.6 Å². The Labute approximate surface area is 187 Å². The number of alkyl halides is 3. The van der Waals surface area contributed by atoms with Crippen LogP contribution in [-0.2, 0) is 16.0 Å². The van der Waals surface area contributed by atoms with Gasteiger partial charge in [-0.1, -0.05) is 13.0 Å². The summed E-state index contributed by atoms with van der Waals surface area (Å²) in [5.74, 6) is 0.507. The van der Waals surface area contributed by atoms with Gasteiger partial charge in [0.1, 0.15) is 11.9 Å². The maximum atomic E-state index is 12.8. The molecule has 168 valence electrons. The largest absolute Gasteiger partial charge is 0.489 e. The molecular formula is C18H29F3IN3O3S. The molecule has 0 heterocycles. The molecule has 2 N–H and O–H groups in total. The predicted molar refractivity (Wildman–Crippen MR) is 120 cm³/mol. The quantitative estimate of drug-likeness (QED) is 0.294. The Morgan fingerprint density at radius 1 is 1.24 bits per heavy atom. The van der Waals surface area contributed by atoms with Gasteiger partial charge in [-0.15, -0.1) is 24.0 Å². The second kappa shape index (κ2) is 11.2. The van der Waals surface area contributed by atoms with Gasteiger partial charge in [0.05, 0.1) is 16.9 Å². The SMILES string of the molecule is CCC(CNC(=NC)NCC(C)(C)S(C)(=O)=O)Oc1cccc(C(F)(F)F)c1.I. The Bertz CT molecular complexity index is 784. The van der Waals surface area contributed by atoms with E-state index < -0.39 is 32.4 Å². The summed E-state index contributed by atoms with van der Waals surface area (Å²) in [5.41, 5.74) is -0.770. The maximum absolute atomic E-state index is 12.8. The summed E-state index contributed by atoms with van der Waals surface area (Å²) in [5, 5.41) is 5.95. The van der Waals surface area contributed by atoms with Crippen LogP contribution in [0.4, 0.5) is 13.2 Å². The Kier molecular flexibility index (Phi) is 10.8. The summed E-state index contributed by atoms with van der Waals surface area (Å²) >= 11 is 0. The Hall–Kier alpha value is -1.24.